The van der Waals surface area contributed by atoms with Crippen molar-refractivity contribution in [3.05, 3.63) is 35.4 Å². The molecule has 0 bridgehead atoms. The molecule has 1 saturated heterocycles. The summed E-state index contributed by atoms with van der Waals surface area (Å²) in [6.07, 6.45) is 2.00. The van der Waals surface area contributed by atoms with Crippen LogP contribution in [0.5, 0.6) is 0 Å². The minimum absolute atomic E-state index is 0.0871. The zero-order valence-electron chi connectivity index (χ0n) is 14.9. The Morgan fingerprint density at radius 1 is 1.27 bits per heavy atom. The van der Waals surface area contributed by atoms with E-state index < -0.39 is 23.6 Å². The molecule has 26 heavy (non-hydrogen) atoms. The van der Waals surface area contributed by atoms with Crippen LogP contribution in [0.15, 0.2) is 18.2 Å². The van der Waals surface area contributed by atoms with Gasteiger partial charge in [-0.05, 0) is 31.4 Å². The van der Waals surface area contributed by atoms with Crippen LogP contribution in [0.25, 0.3) is 0 Å². The summed E-state index contributed by atoms with van der Waals surface area (Å²) in [6, 6.07) is 2.32. The summed E-state index contributed by atoms with van der Waals surface area (Å²) in [5, 5.41) is 2.51. The molecule has 2 rings (SSSR count). The lowest BCUT2D eigenvalue weighted by atomic mass is 10.1. The quantitative estimate of drug-likeness (QED) is 0.776. The van der Waals surface area contributed by atoms with E-state index in [4.69, 9.17) is 0 Å². The SMILES string of the molecule is CN(C)C(=O)C1CCCN1C(=O)CCCNC(=O)c1ccc(F)cc1F. The van der Waals surface area contributed by atoms with Gasteiger partial charge < -0.3 is 15.1 Å². The first-order valence-corrected chi connectivity index (χ1v) is 8.55. The molecule has 3 amide bonds. The van der Waals surface area contributed by atoms with Gasteiger partial charge >= 0.3 is 0 Å². The molecule has 1 aliphatic heterocycles. The van der Waals surface area contributed by atoms with Crippen molar-refractivity contribution in [1.82, 2.24) is 15.1 Å². The third-order valence-electron chi connectivity index (χ3n) is 4.33. The number of benzene rings is 1. The molecule has 1 unspecified atom stereocenters. The van der Waals surface area contributed by atoms with Gasteiger partial charge in [0.25, 0.3) is 5.91 Å². The molecule has 6 nitrogen and oxygen atoms in total. The summed E-state index contributed by atoms with van der Waals surface area (Å²) in [7, 11) is 3.32. The minimum Gasteiger partial charge on any atom is -0.352 e. The first kappa shape index (κ1) is 19.8. The molecule has 1 atom stereocenters. The standard InChI is InChI=1S/C18H23F2N3O3/c1-22(2)18(26)15-5-4-10-23(15)16(24)6-3-9-21-17(25)13-8-7-12(19)11-14(13)20/h7-8,11,15H,3-6,9-10H2,1-2H3,(H,21,25). The molecular weight excluding hydrogens is 344 g/mol. The number of carbonyl (C=O) groups is 3. The number of nitrogens with one attached hydrogen (secondary N) is 1. The maximum absolute atomic E-state index is 13.5. The largest absolute Gasteiger partial charge is 0.352 e. The Morgan fingerprint density at radius 2 is 2.00 bits per heavy atom. The maximum Gasteiger partial charge on any atom is 0.254 e. The third-order valence-corrected chi connectivity index (χ3v) is 4.33. The molecule has 0 saturated carbocycles. The Bertz CT molecular complexity index is 694. The molecule has 1 N–H and O–H groups in total. The number of likely N-dealkylation sites (tertiary alicyclic amines) is 1. The molecule has 1 aromatic carbocycles. The summed E-state index contributed by atoms with van der Waals surface area (Å²) in [4.78, 5) is 39.4. The van der Waals surface area contributed by atoms with Crippen LogP contribution in [0.3, 0.4) is 0 Å². The van der Waals surface area contributed by atoms with E-state index in [1.165, 1.54) is 4.90 Å². The monoisotopic (exact) mass is 367 g/mol. The van der Waals surface area contributed by atoms with Crippen LogP contribution < -0.4 is 5.32 Å². The topological polar surface area (TPSA) is 69.7 Å². The van der Waals surface area contributed by atoms with Gasteiger partial charge in [-0.25, -0.2) is 8.78 Å². The molecule has 1 aliphatic rings. The summed E-state index contributed by atoms with van der Waals surface area (Å²) < 4.78 is 26.4. The minimum atomic E-state index is -0.930. The van der Waals surface area contributed by atoms with Gasteiger partial charge in [0.2, 0.25) is 11.8 Å². The molecule has 1 heterocycles. The van der Waals surface area contributed by atoms with Crippen molar-refractivity contribution in [2.45, 2.75) is 31.7 Å². The average Bonchev–Trinajstić information content (AvgIpc) is 3.07. The van der Waals surface area contributed by atoms with E-state index in [0.29, 0.717) is 25.5 Å². The third kappa shape index (κ3) is 4.77. The highest BCUT2D eigenvalue weighted by molar-refractivity contribution is 5.94. The fraction of sp³-hybridized carbons (Fsp3) is 0.500. The first-order valence-electron chi connectivity index (χ1n) is 8.55. The predicted octanol–water partition coefficient (Wildman–Crippen LogP) is 1.55. The Kier molecular flexibility index (Phi) is 6.65. The molecule has 1 aromatic rings. The molecule has 0 radical (unpaired) electrons. The average molecular weight is 367 g/mol. The van der Waals surface area contributed by atoms with Crippen molar-refractivity contribution in [2.24, 2.45) is 0 Å². The van der Waals surface area contributed by atoms with Gasteiger partial charge in [0.05, 0.1) is 5.56 Å². The second-order valence-electron chi connectivity index (χ2n) is 6.46. The lowest BCUT2D eigenvalue weighted by Crippen LogP contribution is -2.45. The van der Waals surface area contributed by atoms with Crippen molar-refractivity contribution in [2.75, 3.05) is 27.2 Å². The number of hydrogen-bond acceptors (Lipinski definition) is 3. The van der Waals surface area contributed by atoms with Gasteiger partial charge in [-0.3, -0.25) is 14.4 Å². The normalized spacial score (nSPS) is 16.5. The van der Waals surface area contributed by atoms with Crippen LogP contribution in [0.2, 0.25) is 0 Å². The van der Waals surface area contributed by atoms with Gasteiger partial charge in [-0.1, -0.05) is 0 Å². The van der Waals surface area contributed by atoms with E-state index >= 15 is 0 Å². The number of carbonyl (C=O) groups excluding carboxylic acids is 3. The van der Waals surface area contributed by atoms with Crippen LogP contribution in [-0.4, -0.2) is 60.7 Å². The van der Waals surface area contributed by atoms with E-state index in [-0.39, 0.29) is 30.3 Å². The number of rotatable bonds is 6. The van der Waals surface area contributed by atoms with E-state index in [0.717, 1.165) is 18.6 Å². The number of likely N-dealkylation sites (N-methyl/N-ethyl adjacent to an activating group) is 1. The van der Waals surface area contributed by atoms with Crippen molar-refractivity contribution >= 4 is 17.7 Å². The molecule has 1 fully saturated rings. The highest BCUT2D eigenvalue weighted by atomic mass is 19.1. The van der Waals surface area contributed by atoms with Gasteiger partial charge in [0.1, 0.15) is 17.7 Å². The van der Waals surface area contributed by atoms with E-state index in [9.17, 15) is 23.2 Å². The van der Waals surface area contributed by atoms with E-state index in [1.807, 2.05) is 0 Å². The molecular formula is C18H23F2N3O3. The summed E-state index contributed by atoms with van der Waals surface area (Å²) in [5.41, 5.74) is -0.242. The van der Waals surface area contributed by atoms with Gasteiger partial charge in [0.15, 0.2) is 0 Å². The van der Waals surface area contributed by atoms with Crippen LogP contribution in [0.1, 0.15) is 36.0 Å². The zero-order chi connectivity index (χ0) is 19.3. The summed E-state index contributed by atoms with van der Waals surface area (Å²) in [5.74, 6) is -2.56. The highest BCUT2D eigenvalue weighted by Gasteiger charge is 2.34. The predicted molar refractivity (Wildman–Crippen MR) is 91.4 cm³/mol. The van der Waals surface area contributed by atoms with Crippen LogP contribution in [-0.2, 0) is 9.59 Å². The second-order valence-corrected chi connectivity index (χ2v) is 6.46. The fourth-order valence-corrected chi connectivity index (χ4v) is 2.97. The number of nitrogens with zero attached hydrogens (tertiary/aromatic N) is 2. The van der Waals surface area contributed by atoms with E-state index in [1.54, 1.807) is 19.0 Å². The van der Waals surface area contributed by atoms with Gasteiger partial charge in [-0.15, -0.1) is 0 Å². The number of amides is 3. The fourth-order valence-electron chi connectivity index (χ4n) is 2.97. The Balaban J connectivity index is 1.79. The molecule has 0 aromatic heterocycles. The Morgan fingerprint density at radius 3 is 2.65 bits per heavy atom. The molecule has 0 spiro atoms. The lowest BCUT2D eigenvalue weighted by Gasteiger charge is -2.26. The van der Waals surface area contributed by atoms with Crippen LogP contribution in [0.4, 0.5) is 8.78 Å². The van der Waals surface area contributed by atoms with Crippen molar-refractivity contribution in [3.8, 4) is 0 Å². The molecule has 0 aliphatic carbocycles. The van der Waals surface area contributed by atoms with Gasteiger partial charge in [0, 0.05) is 39.7 Å². The molecule has 142 valence electrons. The number of halogens is 2. The highest BCUT2D eigenvalue weighted by Crippen LogP contribution is 2.20. The maximum atomic E-state index is 13.5. The smallest absolute Gasteiger partial charge is 0.254 e. The van der Waals surface area contributed by atoms with Crippen molar-refractivity contribution in [3.63, 3.8) is 0 Å². The molecule has 8 heteroatoms. The van der Waals surface area contributed by atoms with Crippen LogP contribution in [0, 0.1) is 11.6 Å². The Hall–Kier alpha value is -2.51. The Labute approximate surface area is 151 Å². The lowest BCUT2D eigenvalue weighted by molar-refractivity contribution is -0.142. The van der Waals surface area contributed by atoms with Crippen molar-refractivity contribution < 1.29 is 23.2 Å². The zero-order valence-corrected chi connectivity index (χ0v) is 14.9. The summed E-state index contributed by atoms with van der Waals surface area (Å²) in [6.45, 7) is 0.734. The van der Waals surface area contributed by atoms with Crippen LogP contribution >= 0.6 is 0 Å². The number of hydrogen-bond donors (Lipinski definition) is 1. The van der Waals surface area contributed by atoms with Crippen molar-refractivity contribution in [1.29, 1.82) is 0 Å². The first-order chi connectivity index (χ1) is 12.3. The summed E-state index contributed by atoms with van der Waals surface area (Å²) >= 11 is 0. The second kappa shape index (κ2) is 8.73. The van der Waals surface area contributed by atoms with Gasteiger partial charge in [-0.2, -0.15) is 0 Å². The van der Waals surface area contributed by atoms with E-state index in [2.05, 4.69) is 5.32 Å².